The van der Waals surface area contributed by atoms with Crippen molar-refractivity contribution in [3.63, 3.8) is 0 Å². The van der Waals surface area contributed by atoms with Crippen molar-refractivity contribution in [1.29, 1.82) is 0 Å². The fourth-order valence-electron chi connectivity index (χ4n) is 2.14. The fraction of sp³-hybridized carbons (Fsp3) is 0.125. The molecule has 1 aromatic carbocycles. The number of nitro groups is 1. The van der Waals surface area contributed by atoms with Crippen LogP contribution in [0, 0.1) is 10.1 Å². The van der Waals surface area contributed by atoms with Crippen molar-refractivity contribution in [1.82, 2.24) is 10.1 Å². The minimum absolute atomic E-state index is 0.191. The summed E-state index contributed by atoms with van der Waals surface area (Å²) in [6, 6.07) is 11.2. The van der Waals surface area contributed by atoms with E-state index in [0.717, 1.165) is 24.3 Å². The minimum Gasteiger partial charge on any atom is -0.354 e. The summed E-state index contributed by atoms with van der Waals surface area (Å²) < 4.78 is 34.9. The second-order valence-corrected chi connectivity index (χ2v) is 6.85. The zero-order valence-corrected chi connectivity index (χ0v) is 14.3. The Morgan fingerprint density at radius 2 is 1.92 bits per heavy atom. The average molecular weight is 375 g/mol. The van der Waals surface area contributed by atoms with Crippen molar-refractivity contribution >= 4 is 15.8 Å². The first-order valence-electron chi connectivity index (χ1n) is 7.42. The van der Waals surface area contributed by atoms with E-state index in [1.807, 2.05) is 0 Å². The Morgan fingerprint density at radius 3 is 2.54 bits per heavy atom. The number of pyridine rings is 1. The first kappa shape index (κ1) is 17.7. The lowest BCUT2D eigenvalue weighted by atomic mass is 10.2. The molecule has 9 nitrogen and oxygen atoms in total. The molecule has 0 fully saturated rings. The molecule has 1 unspecified atom stereocenters. The van der Waals surface area contributed by atoms with E-state index < -0.39 is 21.1 Å². The number of rotatable bonds is 6. The number of nitro benzene ring substituents is 1. The molecule has 0 amide bonds. The van der Waals surface area contributed by atoms with Gasteiger partial charge in [0.1, 0.15) is 17.5 Å². The molecular formula is C16H13N3O6S. The number of hydrogen-bond donors (Lipinski definition) is 0. The first-order chi connectivity index (χ1) is 12.4. The normalized spacial score (nSPS) is 12.7. The molecule has 0 spiro atoms. The van der Waals surface area contributed by atoms with E-state index in [1.165, 1.54) is 6.92 Å². The highest BCUT2D eigenvalue weighted by Gasteiger charge is 2.23. The van der Waals surface area contributed by atoms with E-state index in [0.29, 0.717) is 11.5 Å². The maximum Gasteiger partial charge on any atom is 0.297 e. The Balaban J connectivity index is 1.77. The van der Waals surface area contributed by atoms with Crippen molar-refractivity contribution < 1.29 is 22.0 Å². The van der Waals surface area contributed by atoms with Crippen LogP contribution >= 0.6 is 0 Å². The Hall–Kier alpha value is -3.11. The second-order valence-electron chi connectivity index (χ2n) is 5.27. The van der Waals surface area contributed by atoms with Crippen LogP contribution in [0.5, 0.6) is 0 Å². The zero-order valence-electron chi connectivity index (χ0n) is 13.5. The van der Waals surface area contributed by atoms with Crippen LogP contribution in [0.2, 0.25) is 0 Å². The first-order valence-corrected chi connectivity index (χ1v) is 8.83. The molecule has 0 saturated carbocycles. The van der Waals surface area contributed by atoms with Crippen LogP contribution in [0.3, 0.4) is 0 Å². The molecule has 0 saturated heterocycles. The topological polar surface area (TPSA) is 125 Å². The van der Waals surface area contributed by atoms with Gasteiger partial charge in [-0.1, -0.05) is 11.2 Å². The Bertz CT molecular complexity index is 1020. The zero-order chi connectivity index (χ0) is 18.7. The van der Waals surface area contributed by atoms with E-state index in [4.69, 9.17) is 8.71 Å². The maximum atomic E-state index is 12.3. The Kier molecular flexibility index (Phi) is 4.78. The van der Waals surface area contributed by atoms with Crippen LogP contribution < -0.4 is 0 Å². The molecule has 0 aliphatic heterocycles. The third-order valence-corrected chi connectivity index (χ3v) is 4.86. The SMILES string of the molecule is CC(OS(=O)(=O)c1ccc([N+](=O)[O-])cc1)c1cc(-c2ccccn2)on1. The number of non-ortho nitro benzene ring substituents is 1. The van der Waals surface area contributed by atoms with E-state index in [1.54, 1.807) is 30.5 Å². The molecule has 0 radical (unpaired) electrons. The summed E-state index contributed by atoms with van der Waals surface area (Å²) in [7, 11) is -4.13. The molecule has 1 atom stereocenters. The standard InChI is InChI=1S/C16H13N3O6S/c1-11(15-10-16(24-18-15)14-4-2-3-9-17-14)25-26(22,23)13-7-5-12(6-8-13)19(20)21/h2-11H,1H3. The number of aromatic nitrogens is 2. The van der Waals surface area contributed by atoms with E-state index in [9.17, 15) is 18.5 Å². The summed E-state index contributed by atoms with van der Waals surface area (Å²) in [5.41, 5.74) is 0.612. The highest BCUT2D eigenvalue weighted by atomic mass is 32.2. The third-order valence-electron chi connectivity index (χ3n) is 3.47. The highest BCUT2D eigenvalue weighted by molar-refractivity contribution is 7.86. The lowest BCUT2D eigenvalue weighted by molar-refractivity contribution is -0.384. The smallest absolute Gasteiger partial charge is 0.297 e. The molecule has 0 bridgehead atoms. The quantitative estimate of drug-likeness (QED) is 0.365. The van der Waals surface area contributed by atoms with Crippen LogP contribution in [0.25, 0.3) is 11.5 Å². The molecule has 0 aliphatic rings. The van der Waals surface area contributed by atoms with E-state index in [-0.39, 0.29) is 16.3 Å². The second kappa shape index (κ2) is 7.02. The fourth-order valence-corrected chi connectivity index (χ4v) is 3.20. The van der Waals surface area contributed by atoms with Crippen molar-refractivity contribution in [2.75, 3.05) is 0 Å². The van der Waals surface area contributed by atoms with Crippen LogP contribution in [0.1, 0.15) is 18.7 Å². The maximum absolute atomic E-state index is 12.3. The molecule has 3 rings (SSSR count). The molecule has 134 valence electrons. The van der Waals surface area contributed by atoms with Crippen LogP contribution in [0.15, 0.2) is 64.1 Å². The molecule has 2 aromatic heterocycles. The van der Waals surface area contributed by atoms with Gasteiger partial charge in [0.05, 0.1) is 9.82 Å². The largest absolute Gasteiger partial charge is 0.354 e. The molecule has 3 aromatic rings. The molecule has 0 N–H and O–H groups in total. The number of hydrogen-bond acceptors (Lipinski definition) is 8. The summed E-state index contributed by atoms with van der Waals surface area (Å²) in [6.45, 7) is 1.50. The van der Waals surface area contributed by atoms with E-state index >= 15 is 0 Å². The average Bonchev–Trinajstić information content (AvgIpc) is 3.12. The Labute approximate surface area is 148 Å². The van der Waals surface area contributed by atoms with Gasteiger partial charge < -0.3 is 4.52 Å². The van der Waals surface area contributed by atoms with Gasteiger partial charge in [0.15, 0.2) is 5.76 Å². The number of nitrogens with zero attached hydrogens (tertiary/aromatic N) is 3. The van der Waals surface area contributed by atoms with Gasteiger partial charge in [0.2, 0.25) is 0 Å². The van der Waals surface area contributed by atoms with Gasteiger partial charge in [0, 0.05) is 24.4 Å². The highest BCUT2D eigenvalue weighted by Crippen LogP contribution is 2.27. The van der Waals surface area contributed by atoms with Crippen molar-refractivity contribution in [3.05, 3.63) is 70.5 Å². The summed E-state index contributed by atoms with van der Waals surface area (Å²) >= 11 is 0. The van der Waals surface area contributed by atoms with Gasteiger partial charge >= 0.3 is 0 Å². The summed E-state index contributed by atoms with van der Waals surface area (Å²) in [4.78, 5) is 14.0. The summed E-state index contributed by atoms with van der Waals surface area (Å²) in [6.07, 6.45) is 0.674. The molecule has 0 aliphatic carbocycles. The van der Waals surface area contributed by atoms with Gasteiger partial charge in [-0.05, 0) is 31.2 Å². The van der Waals surface area contributed by atoms with E-state index in [2.05, 4.69) is 10.1 Å². The third kappa shape index (κ3) is 3.76. The van der Waals surface area contributed by atoms with Gasteiger partial charge in [-0.25, -0.2) is 0 Å². The summed E-state index contributed by atoms with van der Waals surface area (Å²) in [5, 5.41) is 14.5. The lowest BCUT2D eigenvalue weighted by Crippen LogP contribution is -2.10. The van der Waals surface area contributed by atoms with Crippen LogP contribution in [-0.2, 0) is 14.3 Å². The van der Waals surface area contributed by atoms with Gasteiger partial charge in [0.25, 0.3) is 15.8 Å². The van der Waals surface area contributed by atoms with Crippen molar-refractivity contribution in [2.45, 2.75) is 17.9 Å². The molecule has 2 heterocycles. The van der Waals surface area contributed by atoms with Gasteiger partial charge in [-0.15, -0.1) is 0 Å². The predicted molar refractivity (Wildman–Crippen MR) is 89.5 cm³/mol. The lowest BCUT2D eigenvalue weighted by Gasteiger charge is -2.10. The van der Waals surface area contributed by atoms with Crippen LogP contribution in [0.4, 0.5) is 5.69 Å². The summed E-state index contributed by atoms with van der Waals surface area (Å²) in [5.74, 6) is 0.379. The molecule has 26 heavy (non-hydrogen) atoms. The monoisotopic (exact) mass is 375 g/mol. The number of benzene rings is 1. The van der Waals surface area contributed by atoms with Crippen molar-refractivity contribution in [2.24, 2.45) is 0 Å². The predicted octanol–water partition coefficient (Wildman–Crippen LogP) is 3.11. The Morgan fingerprint density at radius 1 is 1.19 bits per heavy atom. The minimum atomic E-state index is -4.13. The van der Waals surface area contributed by atoms with Crippen molar-refractivity contribution in [3.8, 4) is 11.5 Å². The molecular weight excluding hydrogens is 362 g/mol. The van der Waals surface area contributed by atoms with Gasteiger partial charge in [-0.2, -0.15) is 8.42 Å². The van der Waals surface area contributed by atoms with Gasteiger partial charge in [-0.3, -0.25) is 19.3 Å². The van der Waals surface area contributed by atoms with Crippen LogP contribution in [-0.4, -0.2) is 23.5 Å². The molecule has 10 heteroatoms.